The zero-order valence-corrected chi connectivity index (χ0v) is 20.8. The highest BCUT2D eigenvalue weighted by Crippen LogP contribution is 2.52. The summed E-state index contributed by atoms with van der Waals surface area (Å²) in [6.07, 6.45) is 8.63. The van der Waals surface area contributed by atoms with E-state index in [0.29, 0.717) is 23.5 Å². The number of nitrogens with zero attached hydrogens (tertiary/aromatic N) is 2. The molecule has 0 spiro atoms. The molecule has 2 aliphatic carbocycles. The number of hydrazone groups is 1. The van der Waals surface area contributed by atoms with Crippen LogP contribution in [0.3, 0.4) is 0 Å². The lowest BCUT2D eigenvalue weighted by molar-refractivity contribution is -0.140. The second kappa shape index (κ2) is 10.0. The number of hydrogen-bond acceptors (Lipinski definition) is 6. The SMILES string of the molecule is C=CCc1cc(C=NN2C(=O)[C@@H]3[C@H](C2=O)[C@H]2C=C[C@H]3C2)cc(OC)c1OCC(=O)Nc1ccccc1C. The van der Waals surface area contributed by atoms with Crippen LogP contribution in [0, 0.1) is 30.6 Å². The lowest BCUT2D eigenvalue weighted by Crippen LogP contribution is -2.28. The van der Waals surface area contributed by atoms with Gasteiger partial charge in [0.2, 0.25) is 0 Å². The molecular formula is C29H29N3O5. The number of carbonyl (C=O) groups is 3. The number of ether oxygens (including phenoxy) is 2. The summed E-state index contributed by atoms with van der Waals surface area (Å²) < 4.78 is 11.4. The van der Waals surface area contributed by atoms with Crippen molar-refractivity contribution in [3.63, 3.8) is 0 Å². The molecule has 0 radical (unpaired) electrons. The molecule has 5 rings (SSSR count). The van der Waals surface area contributed by atoms with Crippen LogP contribution >= 0.6 is 0 Å². The van der Waals surface area contributed by atoms with Gasteiger partial charge in [-0.3, -0.25) is 14.4 Å². The molecule has 8 nitrogen and oxygen atoms in total. The van der Waals surface area contributed by atoms with Gasteiger partial charge in [-0.2, -0.15) is 10.1 Å². The first-order chi connectivity index (χ1) is 17.9. The summed E-state index contributed by atoms with van der Waals surface area (Å²) >= 11 is 0. The molecular weight excluding hydrogens is 470 g/mol. The van der Waals surface area contributed by atoms with Crippen molar-refractivity contribution < 1.29 is 23.9 Å². The number of rotatable bonds is 9. The fraction of sp³-hybridized carbons (Fsp3) is 0.310. The Bertz CT molecular complexity index is 1300. The summed E-state index contributed by atoms with van der Waals surface area (Å²) in [5.41, 5.74) is 3.04. The number of imide groups is 1. The van der Waals surface area contributed by atoms with E-state index in [4.69, 9.17) is 9.47 Å². The van der Waals surface area contributed by atoms with Crippen molar-refractivity contribution in [2.75, 3.05) is 19.0 Å². The average Bonchev–Trinajstić information content (AvgIpc) is 3.57. The van der Waals surface area contributed by atoms with Gasteiger partial charge in [0.15, 0.2) is 18.1 Å². The third kappa shape index (κ3) is 4.55. The zero-order valence-electron chi connectivity index (χ0n) is 20.8. The molecule has 2 aromatic carbocycles. The summed E-state index contributed by atoms with van der Waals surface area (Å²) in [5, 5.41) is 8.13. The van der Waals surface area contributed by atoms with E-state index in [1.54, 1.807) is 12.1 Å². The fourth-order valence-corrected chi connectivity index (χ4v) is 5.54. The Morgan fingerprint density at radius 1 is 1.16 bits per heavy atom. The van der Waals surface area contributed by atoms with Crippen LogP contribution in [0.15, 0.2) is 66.3 Å². The summed E-state index contributed by atoms with van der Waals surface area (Å²) in [4.78, 5) is 38.4. The van der Waals surface area contributed by atoms with Crippen molar-refractivity contribution in [1.82, 2.24) is 5.01 Å². The largest absolute Gasteiger partial charge is 0.493 e. The van der Waals surface area contributed by atoms with Gasteiger partial charge in [0.1, 0.15) is 0 Å². The molecule has 2 aromatic rings. The maximum Gasteiger partial charge on any atom is 0.262 e. The van der Waals surface area contributed by atoms with Gasteiger partial charge in [0.25, 0.3) is 17.7 Å². The Morgan fingerprint density at radius 2 is 1.86 bits per heavy atom. The topological polar surface area (TPSA) is 97.3 Å². The standard InChI is InChI=1S/C29H29N3O5/c1-4-7-21-12-18(15-30-32-28(34)25-19-10-11-20(14-19)26(25)29(32)35)13-23(36-3)27(21)37-16-24(33)31-22-9-6-5-8-17(22)2/h4-6,8-13,15,19-20,25-26H,1,7,14,16H2,2-3H3,(H,31,33)/t19-,20-,25-,26+/m0/s1. The number of hydrogen-bond donors (Lipinski definition) is 1. The van der Waals surface area contributed by atoms with Gasteiger partial charge in [-0.1, -0.05) is 36.4 Å². The normalized spacial score (nSPS) is 23.6. The lowest BCUT2D eigenvalue weighted by atomic mass is 9.85. The Kier molecular flexibility index (Phi) is 6.65. The molecule has 4 atom stereocenters. The second-order valence-corrected chi connectivity index (χ2v) is 9.59. The number of para-hydroxylation sites is 1. The minimum Gasteiger partial charge on any atom is -0.493 e. The van der Waals surface area contributed by atoms with Gasteiger partial charge in [-0.15, -0.1) is 6.58 Å². The minimum atomic E-state index is -0.299. The van der Waals surface area contributed by atoms with Crippen LogP contribution in [-0.2, 0) is 20.8 Å². The lowest BCUT2D eigenvalue weighted by Gasteiger charge is -2.16. The molecule has 1 saturated heterocycles. The van der Waals surface area contributed by atoms with Crippen molar-refractivity contribution in [2.45, 2.75) is 19.8 Å². The van der Waals surface area contributed by atoms with Gasteiger partial charge in [0.05, 0.1) is 25.2 Å². The first kappa shape index (κ1) is 24.5. The van der Waals surface area contributed by atoms with Crippen molar-refractivity contribution in [3.05, 3.63) is 77.9 Å². The molecule has 8 heteroatoms. The molecule has 37 heavy (non-hydrogen) atoms. The quantitative estimate of drug-likeness (QED) is 0.321. The first-order valence-electron chi connectivity index (χ1n) is 12.3. The van der Waals surface area contributed by atoms with Crippen LogP contribution in [0.4, 0.5) is 5.69 Å². The highest BCUT2D eigenvalue weighted by atomic mass is 16.5. The van der Waals surface area contributed by atoms with Gasteiger partial charge in [0, 0.05) is 11.3 Å². The number of allylic oxidation sites excluding steroid dienone is 3. The molecule has 3 amide bonds. The predicted octanol–water partition coefficient (Wildman–Crippen LogP) is 3.89. The molecule has 1 N–H and O–H groups in total. The Balaban J connectivity index is 1.32. The summed E-state index contributed by atoms with van der Waals surface area (Å²) in [7, 11) is 1.51. The third-order valence-corrected chi connectivity index (χ3v) is 7.27. The second-order valence-electron chi connectivity index (χ2n) is 9.59. The Hall–Kier alpha value is -4.20. The number of fused-ring (bicyclic) bond motifs is 5. The highest BCUT2D eigenvalue weighted by molar-refractivity contribution is 6.06. The molecule has 190 valence electrons. The van der Waals surface area contributed by atoms with Crippen molar-refractivity contribution in [2.24, 2.45) is 28.8 Å². The number of methoxy groups -OCH3 is 1. The maximum absolute atomic E-state index is 12.9. The first-order valence-corrected chi connectivity index (χ1v) is 12.3. The van der Waals surface area contributed by atoms with E-state index in [9.17, 15) is 14.4 Å². The van der Waals surface area contributed by atoms with Crippen molar-refractivity contribution in [1.29, 1.82) is 0 Å². The fourth-order valence-electron chi connectivity index (χ4n) is 5.54. The monoisotopic (exact) mass is 499 g/mol. The van der Waals surface area contributed by atoms with Crippen molar-refractivity contribution >= 4 is 29.6 Å². The van der Waals surface area contributed by atoms with Gasteiger partial charge in [-0.05, 0) is 60.9 Å². The van der Waals surface area contributed by atoms with E-state index >= 15 is 0 Å². The number of nitrogens with one attached hydrogen (secondary N) is 1. The van der Waals surface area contributed by atoms with Crippen LogP contribution in [0.2, 0.25) is 0 Å². The van der Waals surface area contributed by atoms with E-state index < -0.39 is 0 Å². The highest BCUT2D eigenvalue weighted by Gasteiger charge is 2.59. The summed E-state index contributed by atoms with van der Waals surface area (Å²) in [5.74, 6) is -0.281. The minimum absolute atomic E-state index is 0.130. The molecule has 0 unspecified atom stereocenters. The summed E-state index contributed by atoms with van der Waals surface area (Å²) in [6.45, 7) is 5.52. The summed E-state index contributed by atoms with van der Waals surface area (Å²) in [6, 6.07) is 11.0. The van der Waals surface area contributed by atoms with Crippen LogP contribution in [-0.4, -0.2) is 42.7 Å². The number of aryl methyl sites for hydroxylation is 1. The molecule has 2 fully saturated rings. The molecule has 0 aromatic heterocycles. The maximum atomic E-state index is 12.9. The van der Waals surface area contributed by atoms with E-state index in [1.807, 2.05) is 37.3 Å². The molecule has 1 saturated carbocycles. The van der Waals surface area contributed by atoms with Gasteiger partial charge in [-0.25, -0.2) is 0 Å². The van der Waals surface area contributed by atoms with E-state index in [2.05, 4.69) is 29.1 Å². The third-order valence-electron chi connectivity index (χ3n) is 7.27. The van der Waals surface area contributed by atoms with E-state index in [-0.39, 0.29) is 48.0 Å². The number of anilines is 1. The number of amides is 3. The average molecular weight is 500 g/mol. The van der Waals surface area contributed by atoms with Crippen LogP contribution < -0.4 is 14.8 Å². The van der Waals surface area contributed by atoms with E-state index in [0.717, 1.165) is 28.2 Å². The molecule has 1 aliphatic heterocycles. The smallest absolute Gasteiger partial charge is 0.262 e. The van der Waals surface area contributed by atoms with Crippen molar-refractivity contribution in [3.8, 4) is 11.5 Å². The Labute approximate surface area is 215 Å². The van der Waals surface area contributed by atoms with E-state index in [1.165, 1.54) is 13.3 Å². The zero-order chi connectivity index (χ0) is 26.1. The molecule has 3 aliphatic rings. The number of benzene rings is 2. The molecule has 2 bridgehead atoms. The van der Waals surface area contributed by atoms with Crippen LogP contribution in [0.25, 0.3) is 0 Å². The van der Waals surface area contributed by atoms with Crippen LogP contribution in [0.5, 0.6) is 11.5 Å². The van der Waals surface area contributed by atoms with Gasteiger partial charge < -0.3 is 14.8 Å². The number of carbonyl (C=O) groups excluding carboxylic acids is 3. The van der Waals surface area contributed by atoms with Gasteiger partial charge >= 0.3 is 0 Å². The molecule has 1 heterocycles. The Morgan fingerprint density at radius 3 is 2.51 bits per heavy atom. The predicted molar refractivity (Wildman–Crippen MR) is 139 cm³/mol. The van der Waals surface area contributed by atoms with Crippen LogP contribution in [0.1, 0.15) is 23.1 Å².